The SMILES string of the molecule is CC(C)c1ccc(NC(=O)CSc2nnc3c4ccccc4nc(-c4ccco4)n23)cc1. The molecule has 0 saturated heterocycles. The van der Waals surface area contributed by atoms with E-state index in [-0.39, 0.29) is 11.7 Å². The van der Waals surface area contributed by atoms with Crippen LogP contribution in [0.15, 0.2) is 76.5 Å². The van der Waals surface area contributed by atoms with E-state index >= 15 is 0 Å². The molecule has 5 rings (SSSR count). The zero-order valence-electron chi connectivity index (χ0n) is 17.6. The van der Waals surface area contributed by atoms with Gasteiger partial charge in [0.25, 0.3) is 0 Å². The summed E-state index contributed by atoms with van der Waals surface area (Å²) in [4.78, 5) is 17.3. The van der Waals surface area contributed by atoms with E-state index in [1.807, 2.05) is 65.1 Å². The van der Waals surface area contributed by atoms with Gasteiger partial charge in [0, 0.05) is 11.1 Å². The van der Waals surface area contributed by atoms with Crippen LogP contribution >= 0.6 is 11.8 Å². The van der Waals surface area contributed by atoms with E-state index in [0.717, 1.165) is 16.6 Å². The maximum atomic E-state index is 12.6. The van der Waals surface area contributed by atoms with Crippen LogP contribution in [0.4, 0.5) is 5.69 Å². The Kier molecular flexibility index (Phi) is 5.36. The number of anilines is 1. The first-order chi connectivity index (χ1) is 15.6. The first kappa shape index (κ1) is 20.3. The lowest BCUT2D eigenvalue weighted by molar-refractivity contribution is -0.113. The molecule has 0 aliphatic rings. The van der Waals surface area contributed by atoms with Crippen molar-refractivity contribution in [3.05, 3.63) is 72.5 Å². The highest BCUT2D eigenvalue weighted by atomic mass is 32.2. The number of thioether (sulfide) groups is 1. The Morgan fingerprint density at radius 1 is 1.06 bits per heavy atom. The zero-order chi connectivity index (χ0) is 22.1. The molecule has 0 aliphatic heterocycles. The largest absolute Gasteiger partial charge is 0.461 e. The summed E-state index contributed by atoms with van der Waals surface area (Å²) in [7, 11) is 0. The highest BCUT2D eigenvalue weighted by Crippen LogP contribution is 2.29. The van der Waals surface area contributed by atoms with E-state index in [1.165, 1.54) is 17.3 Å². The predicted molar refractivity (Wildman–Crippen MR) is 126 cm³/mol. The van der Waals surface area contributed by atoms with Crippen molar-refractivity contribution < 1.29 is 9.21 Å². The molecule has 0 aliphatic carbocycles. The smallest absolute Gasteiger partial charge is 0.234 e. The summed E-state index contributed by atoms with van der Waals surface area (Å²) < 4.78 is 7.45. The maximum absolute atomic E-state index is 12.6. The number of carbonyl (C=O) groups is 1. The molecule has 3 aromatic heterocycles. The van der Waals surface area contributed by atoms with Gasteiger partial charge >= 0.3 is 0 Å². The van der Waals surface area contributed by atoms with Gasteiger partial charge in [0.2, 0.25) is 5.91 Å². The Morgan fingerprint density at radius 3 is 2.62 bits per heavy atom. The monoisotopic (exact) mass is 443 g/mol. The second-order valence-electron chi connectivity index (χ2n) is 7.69. The van der Waals surface area contributed by atoms with E-state index in [2.05, 4.69) is 29.4 Å². The van der Waals surface area contributed by atoms with Crippen LogP contribution in [-0.2, 0) is 4.79 Å². The lowest BCUT2D eigenvalue weighted by Crippen LogP contribution is -2.14. The normalized spacial score (nSPS) is 11.5. The molecule has 0 fully saturated rings. The molecule has 0 radical (unpaired) electrons. The summed E-state index contributed by atoms with van der Waals surface area (Å²) in [6.45, 7) is 4.28. The van der Waals surface area contributed by atoms with Gasteiger partial charge in [-0.3, -0.25) is 9.20 Å². The molecule has 3 heterocycles. The van der Waals surface area contributed by atoms with Gasteiger partial charge in [-0.15, -0.1) is 10.2 Å². The van der Waals surface area contributed by atoms with Gasteiger partial charge in [-0.1, -0.05) is 49.9 Å². The predicted octanol–water partition coefficient (Wildman–Crippen LogP) is 5.39. The molecule has 0 bridgehead atoms. The topological polar surface area (TPSA) is 85.3 Å². The summed E-state index contributed by atoms with van der Waals surface area (Å²) in [5, 5.41) is 13.1. The Bertz CT molecular complexity index is 1390. The Labute approximate surface area is 188 Å². The molecular weight excluding hydrogens is 422 g/mol. The Morgan fingerprint density at radius 2 is 1.88 bits per heavy atom. The summed E-state index contributed by atoms with van der Waals surface area (Å²) in [5.41, 5.74) is 3.49. The van der Waals surface area contributed by atoms with Crippen LogP contribution in [0.2, 0.25) is 0 Å². The van der Waals surface area contributed by atoms with Gasteiger partial charge in [0.1, 0.15) is 0 Å². The van der Waals surface area contributed by atoms with Crippen molar-refractivity contribution in [1.29, 1.82) is 0 Å². The minimum absolute atomic E-state index is 0.114. The fraction of sp³-hybridized carbons (Fsp3) is 0.167. The van der Waals surface area contributed by atoms with Crippen LogP contribution in [-0.4, -0.2) is 31.2 Å². The molecule has 5 aromatic rings. The minimum atomic E-state index is -0.114. The van der Waals surface area contributed by atoms with Gasteiger partial charge in [0.05, 0.1) is 17.5 Å². The summed E-state index contributed by atoms with van der Waals surface area (Å²) in [6.07, 6.45) is 1.60. The van der Waals surface area contributed by atoms with Gasteiger partial charge in [0.15, 0.2) is 22.4 Å². The van der Waals surface area contributed by atoms with Crippen molar-refractivity contribution in [3.63, 3.8) is 0 Å². The van der Waals surface area contributed by atoms with Crippen LogP contribution in [0.5, 0.6) is 0 Å². The number of carbonyl (C=O) groups excluding carboxylic acids is 1. The van der Waals surface area contributed by atoms with Crippen LogP contribution in [0, 0.1) is 0 Å². The summed E-state index contributed by atoms with van der Waals surface area (Å²) >= 11 is 1.31. The number of nitrogens with one attached hydrogen (secondary N) is 1. The van der Waals surface area contributed by atoms with Crippen molar-refractivity contribution in [3.8, 4) is 11.6 Å². The van der Waals surface area contributed by atoms with Gasteiger partial charge in [-0.05, 0) is 47.9 Å². The molecule has 32 heavy (non-hydrogen) atoms. The molecule has 2 aromatic carbocycles. The summed E-state index contributed by atoms with van der Waals surface area (Å²) in [6, 6.07) is 19.3. The van der Waals surface area contributed by atoms with Crippen LogP contribution in [0.1, 0.15) is 25.3 Å². The van der Waals surface area contributed by atoms with Gasteiger partial charge in [-0.2, -0.15) is 0 Å². The van der Waals surface area contributed by atoms with Crippen molar-refractivity contribution in [2.75, 3.05) is 11.1 Å². The lowest BCUT2D eigenvalue weighted by atomic mass is 10.0. The molecule has 160 valence electrons. The van der Waals surface area contributed by atoms with E-state index in [4.69, 9.17) is 9.40 Å². The first-order valence-corrected chi connectivity index (χ1v) is 11.3. The third-order valence-corrected chi connectivity index (χ3v) is 6.08. The van der Waals surface area contributed by atoms with E-state index < -0.39 is 0 Å². The molecule has 8 heteroatoms. The van der Waals surface area contributed by atoms with Gasteiger partial charge < -0.3 is 9.73 Å². The Hall–Kier alpha value is -3.65. The number of benzene rings is 2. The van der Waals surface area contributed by atoms with Crippen molar-refractivity contribution in [2.24, 2.45) is 0 Å². The number of amides is 1. The third kappa shape index (κ3) is 3.85. The fourth-order valence-electron chi connectivity index (χ4n) is 3.50. The lowest BCUT2D eigenvalue weighted by Gasteiger charge is -2.09. The quantitative estimate of drug-likeness (QED) is 0.354. The molecule has 1 N–H and O–H groups in total. The van der Waals surface area contributed by atoms with Crippen LogP contribution < -0.4 is 5.32 Å². The van der Waals surface area contributed by atoms with Crippen molar-refractivity contribution in [2.45, 2.75) is 24.9 Å². The third-order valence-electron chi connectivity index (χ3n) is 5.15. The molecule has 0 atom stereocenters. The molecule has 0 spiro atoms. The second kappa shape index (κ2) is 8.47. The molecular formula is C24H21N5O2S. The zero-order valence-corrected chi connectivity index (χ0v) is 18.5. The Balaban J connectivity index is 1.42. The van der Waals surface area contributed by atoms with Crippen LogP contribution in [0.25, 0.3) is 28.1 Å². The molecule has 0 unspecified atom stereocenters. The van der Waals surface area contributed by atoms with E-state index in [1.54, 1.807) is 6.26 Å². The maximum Gasteiger partial charge on any atom is 0.234 e. The fourth-order valence-corrected chi connectivity index (χ4v) is 4.24. The average molecular weight is 444 g/mol. The number of rotatable bonds is 6. The first-order valence-electron chi connectivity index (χ1n) is 10.3. The number of para-hydroxylation sites is 1. The standard InChI is InChI=1S/C24H21N5O2S/c1-15(2)16-9-11-17(12-10-16)25-21(30)14-32-24-28-27-22-18-6-3-4-7-19(18)26-23(29(22)24)20-8-5-13-31-20/h3-13,15H,14H2,1-2H3,(H,25,30). The van der Waals surface area contributed by atoms with Gasteiger partial charge in [-0.25, -0.2) is 4.98 Å². The highest BCUT2D eigenvalue weighted by molar-refractivity contribution is 7.99. The van der Waals surface area contributed by atoms with Crippen molar-refractivity contribution in [1.82, 2.24) is 19.6 Å². The number of aromatic nitrogens is 4. The number of hydrogen-bond acceptors (Lipinski definition) is 6. The molecule has 1 amide bonds. The van der Waals surface area contributed by atoms with E-state index in [9.17, 15) is 4.79 Å². The van der Waals surface area contributed by atoms with E-state index in [0.29, 0.717) is 28.3 Å². The van der Waals surface area contributed by atoms with Crippen molar-refractivity contribution >= 4 is 39.9 Å². The molecule has 0 saturated carbocycles. The number of hydrogen-bond donors (Lipinski definition) is 1. The minimum Gasteiger partial charge on any atom is -0.461 e. The second-order valence-corrected chi connectivity index (χ2v) is 8.63. The van der Waals surface area contributed by atoms with Crippen LogP contribution in [0.3, 0.4) is 0 Å². The highest BCUT2D eigenvalue weighted by Gasteiger charge is 2.19. The summed E-state index contributed by atoms with van der Waals surface area (Å²) in [5.74, 6) is 1.73. The number of nitrogens with zero attached hydrogens (tertiary/aromatic N) is 4. The number of fused-ring (bicyclic) bond motifs is 3. The molecule has 7 nitrogen and oxygen atoms in total. The average Bonchev–Trinajstić information content (AvgIpc) is 3.48. The number of furan rings is 1.